The first-order chi connectivity index (χ1) is 10.1. The van der Waals surface area contributed by atoms with Crippen molar-refractivity contribution in [3.05, 3.63) is 58.3 Å². The number of para-hydroxylation sites is 1. The number of nitrogens with zero attached hydrogens (tertiary/aromatic N) is 2. The number of pyridine rings is 1. The summed E-state index contributed by atoms with van der Waals surface area (Å²) >= 11 is 3.31. The number of rotatable bonds is 5. The molecule has 2 aromatic rings. The lowest BCUT2D eigenvalue weighted by atomic mass is 10.2. The van der Waals surface area contributed by atoms with E-state index in [9.17, 15) is 4.79 Å². The minimum Gasteiger partial charge on any atom is -0.494 e. The molecule has 0 saturated carbocycles. The van der Waals surface area contributed by atoms with E-state index in [0.29, 0.717) is 18.8 Å². The summed E-state index contributed by atoms with van der Waals surface area (Å²) in [6.45, 7) is 3.02. The van der Waals surface area contributed by atoms with E-state index in [1.807, 2.05) is 37.3 Å². The Morgan fingerprint density at radius 2 is 2.05 bits per heavy atom. The Morgan fingerprint density at radius 1 is 1.29 bits per heavy atom. The zero-order valence-electron chi connectivity index (χ0n) is 12.0. The normalized spacial score (nSPS) is 10.2. The fourth-order valence-electron chi connectivity index (χ4n) is 1.96. The summed E-state index contributed by atoms with van der Waals surface area (Å²) in [5.41, 5.74) is 1.40. The Kier molecular flexibility index (Phi) is 5.33. The molecule has 0 unspecified atom stereocenters. The highest BCUT2D eigenvalue weighted by atomic mass is 79.9. The predicted molar refractivity (Wildman–Crippen MR) is 85.3 cm³/mol. The molecule has 0 aliphatic rings. The SMILES string of the molecule is CCOc1ccccc1CN(C)C(=O)c1ccc(Br)cn1. The average molecular weight is 349 g/mol. The van der Waals surface area contributed by atoms with Crippen molar-refractivity contribution in [3.63, 3.8) is 0 Å². The van der Waals surface area contributed by atoms with Crippen molar-refractivity contribution in [2.45, 2.75) is 13.5 Å². The van der Waals surface area contributed by atoms with Crippen LogP contribution in [-0.4, -0.2) is 29.4 Å². The van der Waals surface area contributed by atoms with E-state index in [-0.39, 0.29) is 5.91 Å². The van der Waals surface area contributed by atoms with E-state index >= 15 is 0 Å². The van der Waals surface area contributed by atoms with Crippen LogP contribution in [-0.2, 0) is 6.54 Å². The first-order valence-electron chi connectivity index (χ1n) is 6.69. The molecule has 1 amide bonds. The first-order valence-corrected chi connectivity index (χ1v) is 7.49. The van der Waals surface area contributed by atoms with Crippen LogP contribution in [0.2, 0.25) is 0 Å². The van der Waals surface area contributed by atoms with Crippen molar-refractivity contribution in [1.29, 1.82) is 0 Å². The Balaban J connectivity index is 2.12. The second kappa shape index (κ2) is 7.22. The maximum atomic E-state index is 12.3. The van der Waals surface area contributed by atoms with Crippen molar-refractivity contribution in [1.82, 2.24) is 9.88 Å². The fraction of sp³-hybridized carbons (Fsp3) is 0.250. The van der Waals surface area contributed by atoms with Crippen LogP contribution in [0.5, 0.6) is 5.75 Å². The number of carbonyl (C=O) groups excluding carboxylic acids is 1. The van der Waals surface area contributed by atoms with Crippen LogP contribution < -0.4 is 4.74 Å². The van der Waals surface area contributed by atoms with Gasteiger partial charge in [0.05, 0.1) is 6.61 Å². The number of hydrogen-bond acceptors (Lipinski definition) is 3. The summed E-state index contributed by atoms with van der Waals surface area (Å²) in [5, 5.41) is 0. The summed E-state index contributed by atoms with van der Waals surface area (Å²) < 4.78 is 6.43. The molecule has 0 atom stereocenters. The Hall–Kier alpha value is -1.88. The minimum absolute atomic E-state index is 0.117. The molecule has 4 nitrogen and oxygen atoms in total. The number of aromatic nitrogens is 1. The van der Waals surface area contributed by atoms with E-state index < -0.39 is 0 Å². The molecule has 21 heavy (non-hydrogen) atoms. The van der Waals surface area contributed by atoms with Gasteiger partial charge in [0.1, 0.15) is 11.4 Å². The summed E-state index contributed by atoms with van der Waals surface area (Å²) in [5.74, 6) is 0.692. The minimum atomic E-state index is -0.117. The second-order valence-electron chi connectivity index (χ2n) is 4.56. The molecular weight excluding hydrogens is 332 g/mol. The number of halogens is 1. The molecule has 110 valence electrons. The summed E-state index contributed by atoms with van der Waals surface area (Å²) in [7, 11) is 1.76. The van der Waals surface area contributed by atoms with Crippen LogP contribution in [0.15, 0.2) is 47.1 Å². The highest BCUT2D eigenvalue weighted by molar-refractivity contribution is 9.10. The molecule has 0 spiro atoms. The Bertz CT molecular complexity index is 614. The largest absolute Gasteiger partial charge is 0.494 e. The molecular formula is C16H17BrN2O2. The Morgan fingerprint density at radius 3 is 2.71 bits per heavy atom. The quantitative estimate of drug-likeness (QED) is 0.830. The maximum absolute atomic E-state index is 12.3. The number of ether oxygens (including phenoxy) is 1. The van der Waals surface area contributed by atoms with Gasteiger partial charge < -0.3 is 9.64 Å². The van der Waals surface area contributed by atoms with Crippen molar-refractivity contribution >= 4 is 21.8 Å². The van der Waals surface area contributed by atoms with Crippen molar-refractivity contribution < 1.29 is 9.53 Å². The zero-order valence-corrected chi connectivity index (χ0v) is 13.6. The highest BCUT2D eigenvalue weighted by Crippen LogP contribution is 2.20. The molecule has 2 rings (SSSR count). The van der Waals surface area contributed by atoms with Crippen LogP contribution in [0, 0.1) is 0 Å². The van der Waals surface area contributed by atoms with Crippen LogP contribution in [0.25, 0.3) is 0 Å². The van der Waals surface area contributed by atoms with Gasteiger partial charge in [-0.25, -0.2) is 4.98 Å². The summed E-state index contributed by atoms with van der Waals surface area (Å²) in [6.07, 6.45) is 1.62. The lowest BCUT2D eigenvalue weighted by Crippen LogP contribution is -2.27. The van der Waals surface area contributed by atoms with Crippen molar-refractivity contribution in [2.75, 3.05) is 13.7 Å². The third-order valence-corrected chi connectivity index (χ3v) is 3.44. The number of carbonyl (C=O) groups is 1. The number of amides is 1. The molecule has 5 heteroatoms. The molecule has 1 aromatic carbocycles. The van der Waals surface area contributed by atoms with Gasteiger partial charge in [-0.15, -0.1) is 0 Å². The smallest absolute Gasteiger partial charge is 0.272 e. The fourth-order valence-corrected chi connectivity index (χ4v) is 2.19. The van der Waals surface area contributed by atoms with E-state index in [1.54, 1.807) is 24.2 Å². The van der Waals surface area contributed by atoms with Gasteiger partial charge in [-0.1, -0.05) is 18.2 Å². The molecule has 0 fully saturated rings. The van der Waals surface area contributed by atoms with Gasteiger partial charge in [-0.2, -0.15) is 0 Å². The van der Waals surface area contributed by atoms with Crippen LogP contribution in [0.3, 0.4) is 0 Å². The number of hydrogen-bond donors (Lipinski definition) is 0. The van der Waals surface area contributed by atoms with E-state index in [0.717, 1.165) is 15.8 Å². The molecule has 0 aliphatic heterocycles. The van der Waals surface area contributed by atoms with Crippen molar-refractivity contribution in [3.8, 4) is 5.75 Å². The monoisotopic (exact) mass is 348 g/mol. The Labute approximate surface area is 132 Å². The standard InChI is InChI=1S/C16H17BrN2O2/c1-3-21-15-7-5-4-6-12(15)11-19(2)16(20)14-9-8-13(17)10-18-14/h4-10H,3,11H2,1-2H3. The van der Waals surface area contributed by atoms with Gasteiger partial charge in [-0.05, 0) is 41.1 Å². The maximum Gasteiger partial charge on any atom is 0.272 e. The zero-order chi connectivity index (χ0) is 15.2. The summed E-state index contributed by atoms with van der Waals surface area (Å²) in [4.78, 5) is 18.1. The molecule has 0 saturated heterocycles. The molecule has 1 heterocycles. The predicted octanol–water partition coefficient (Wildman–Crippen LogP) is 3.52. The van der Waals surface area contributed by atoms with Crippen LogP contribution in [0.4, 0.5) is 0 Å². The van der Waals surface area contributed by atoms with Crippen molar-refractivity contribution in [2.24, 2.45) is 0 Å². The lowest BCUT2D eigenvalue weighted by Gasteiger charge is -2.18. The van der Waals surface area contributed by atoms with Gasteiger partial charge in [0.2, 0.25) is 0 Å². The van der Waals surface area contributed by atoms with Gasteiger partial charge in [0.25, 0.3) is 5.91 Å². The lowest BCUT2D eigenvalue weighted by molar-refractivity contribution is 0.0778. The highest BCUT2D eigenvalue weighted by Gasteiger charge is 2.15. The third-order valence-electron chi connectivity index (χ3n) is 2.97. The summed E-state index contributed by atoms with van der Waals surface area (Å²) in [6, 6.07) is 11.2. The molecule has 0 radical (unpaired) electrons. The molecule has 0 aliphatic carbocycles. The molecule has 1 aromatic heterocycles. The topological polar surface area (TPSA) is 42.4 Å². The molecule has 0 bridgehead atoms. The van der Waals surface area contributed by atoms with E-state index in [2.05, 4.69) is 20.9 Å². The van der Waals surface area contributed by atoms with Gasteiger partial charge >= 0.3 is 0 Å². The second-order valence-corrected chi connectivity index (χ2v) is 5.48. The first kappa shape index (κ1) is 15.5. The third kappa shape index (κ3) is 4.04. The van der Waals surface area contributed by atoms with Gasteiger partial charge in [-0.3, -0.25) is 4.79 Å². The van der Waals surface area contributed by atoms with Gasteiger partial charge in [0, 0.05) is 29.8 Å². The van der Waals surface area contributed by atoms with Crippen LogP contribution in [0.1, 0.15) is 23.0 Å². The average Bonchev–Trinajstić information content (AvgIpc) is 2.49. The van der Waals surface area contributed by atoms with E-state index in [4.69, 9.17) is 4.74 Å². The van der Waals surface area contributed by atoms with E-state index in [1.165, 1.54) is 0 Å². The van der Waals surface area contributed by atoms with Crippen LogP contribution >= 0.6 is 15.9 Å². The number of benzene rings is 1. The van der Waals surface area contributed by atoms with Gasteiger partial charge in [0.15, 0.2) is 0 Å². The molecule has 0 N–H and O–H groups in total.